The van der Waals surface area contributed by atoms with Crippen LogP contribution < -0.4 is 5.32 Å². The Morgan fingerprint density at radius 2 is 1.37 bits per heavy atom. The number of nitrogens with one attached hydrogen (secondary N) is 1. The van der Waals surface area contributed by atoms with E-state index in [2.05, 4.69) is 29.6 Å². The van der Waals surface area contributed by atoms with E-state index >= 15 is 0 Å². The molecule has 19 heavy (non-hydrogen) atoms. The summed E-state index contributed by atoms with van der Waals surface area (Å²) in [4.78, 5) is 11.9. The van der Waals surface area contributed by atoms with E-state index < -0.39 is 0 Å². The molecular formula is C17H17NO. The van der Waals surface area contributed by atoms with Crippen LogP contribution in [0.15, 0.2) is 60.7 Å². The van der Waals surface area contributed by atoms with Gasteiger partial charge in [0.2, 0.25) is 5.91 Å². The maximum Gasteiger partial charge on any atom is 0.220 e. The molecule has 0 bridgehead atoms. The van der Waals surface area contributed by atoms with Crippen molar-refractivity contribution >= 4 is 5.91 Å². The highest BCUT2D eigenvalue weighted by atomic mass is 16.1. The van der Waals surface area contributed by atoms with Gasteiger partial charge in [-0.2, -0.15) is 0 Å². The van der Waals surface area contributed by atoms with Crippen LogP contribution in [0.1, 0.15) is 30.4 Å². The number of carbonyl (C=O) groups excluding carboxylic acids is 1. The van der Waals surface area contributed by atoms with Gasteiger partial charge in [0, 0.05) is 6.42 Å². The molecule has 2 nitrogen and oxygen atoms in total. The van der Waals surface area contributed by atoms with Crippen molar-refractivity contribution in [1.82, 2.24) is 5.32 Å². The van der Waals surface area contributed by atoms with Gasteiger partial charge in [0.05, 0.1) is 5.54 Å². The lowest BCUT2D eigenvalue weighted by Gasteiger charge is -2.39. The predicted molar refractivity (Wildman–Crippen MR) is 75.7 cm³/mol. The lowest BCUT2D eigenvalue weighted by molar-refractivity contribution is -0.124. The summed E-state index contributed by atoms with van der Waals surface area (Å²) in [6.45, 7) is 0. The summed E-state index contributed by atoms with van der Waals surface area (Å²) in [5, 5.41) is 3.22. The number of benzene rings is 2. The average Bonchev–Trinajstić information content (AvgIpc) is 2.49. The van der Waals surface area contributed by atoms with E-state index in [0.29, 0.717) is 6.42 Å². The molecule has 96 valence electrons. The maximum atomic E-state index is 11.9. The van der Waals surface area contributed by atoms with Crippen molar-refractivity contribution in [1.29, 1.82) is 0 Å². The van der Waals surface area contributed by atoms with Crippen molar-refractivity contribution in [3.05, 3.63) is 71.8 Å². The molecule has 1 aliphatic rings. The Morgan fingerprint density at radius 3 is 1.84 bits per heavy atom. The second kappa shape index (κ2) is 4.88. The third-order valence-electron chi connectivity index (χ3n) is 3.84. The largest absolute Gasteiger partial charge is 0.342 e. The normalized spacial score (nSPS) is 17.8. The molecule has 0 saturated carbocycles. The van der Waals surface area contributed by atoms with E-state index in [9.17, 15) is 4.79 Å². The fraction of sp³-hybridized carbons (Fsp3) is 0.235. The van der Waals surface area contributed by atoms with Crippen molar-refractivity contribution in [2.24, 2.45) is 0 Å². The summed E-state index contributed by atoms with van der Waals surface area (Å²) < 4.78 is 0. The first-order chi connectivity index (χ1) is 9.31. The monoisotopic (exact) mass is 251 g/mol. The minimum absolute atomic E-state index is 0.138. The summed E-state index contributed by atoms with van der Waals surface area (Å²) in [6.07, 6.45) is 2.50. The highest BCUT2D eigenvalue weighted by molar-refractivity contribution is 5.79. The minimum atomic E-state index is -0.363. The van der Waals surface area contributed by atoms with E-state index in [1.54, 1.807) is 0 Å². The van der Waals surface area contributed by atoms with Gasteiger partial charge in [0.25, 0.3) is 0 Å². The van der Waals surface area contributed by atoms with Crippen LogP contribution in [-0.2, 0) is 10.3 Å². The Bertz CT molecular complexity index is 523. The molecule has 0 aliphatic carbocycles. The van der Waals surface area contributed by atoms with Crippen LogP contribution in [-0.4, -0.2) is 5.91 Å². The highest BCUT2D eigenvalue weighted by Gasteiger charge is 2.37. The SMILES string of the molecule is O=C1CCCC(c2ccccc2)(c2ccccc2)N1. The van der Waals surface area contributed by atoms with Gasteiger partial charge in [-0.3, -0.25) is 4.79 Å². The Morgan fingerprint density at radius 1 is 0.842 bits per heavy atom. The van der Waals surface area contributed by atoms with Crippen LogP contribution in [0.4, 0.5) is 0 Å². The van der Waals surface area contributed by atoms with Crippen molar-refractivity contribution in [2.45, 2.75) is 24.8 Å². The minimum Gasteiger partial charge on any atom is -0.342 e. The summed E-state index contributed by atoms with van der Waals surface area (Å²) in [7, 11) is 0. The van der Waals surface area contributed by atoms with E-state index in [0.717, 1.165) is 24.0 Å². The molecule has 1 aliphatic heterocycles. The molecule has 0 aromatic heterocycles. The zero-order valence-corrected chi connectivity index (χ0v) is 10.8. The van der Waals surface area contributed by atoms with Crippen molar-refractivity contribution in [2.75, 3.05) is 0 Å². The molecular weight excluding hydrogens is 234 g/mol. The van der Waals surface area contributed by atoms with Crippen LogP contribution in [0.2, 0.25) is 0 Å². The Labute approximate surface area is 113 Å². The van der Waals surface area contributed by atoms with E-state index in [1.165, 1.54) is 0 Å². The predicted octanol–water partition coefficient (Wildman–Crippen LogP) is 3.23. The van der Waals surface area contributed by atoms with Crippen molar-refractivity contribution < 1.29 is 4.79 Å². The van der Waals surface area contributed by atoms with Crippen LogP contribution in [0.3, 0.4) is 0 Å². The molecule has 2 aromatic rings. The van der Waals surface area contributed by atoms with Gasteiger partial charge in [-0.05, 0) is 24.0 Å². The smallest absolute Gasteiger partial charge is 0.220 e. The summed E-state index contributed by atoms with van der Waals surface area (Å²) in [5.74, 6) is 0.138. The number of amides is 1. The number of piperidine rings is 1. The first-order valence-corrected chi connectivity index (χ1v) is 6.73. The molecule has 0 unspecified atom stereocenters. The zero-order valence-electron chi connectivity index (χ0n) is 10.8. The summed E-state index contributed by atoms with van der Waals surface area (Å²) in [5.41, 5.74) is 1.96. The second-order valence-electron chi connectivity index (χ2n) is 5.04. The Kier molecular flexibility index (Phi) is 3.08. The molecule has 3 rings (SSSR count). The quantitative estimate of drug-likeness (QED) is 0.872. The maximum absolute atomic E-state index is 11.9. The van der Waals surface area contributed by atoms with Crippen molar-refractivity contribution in [3.63, 3.8) is 0 Å². The van der Waals surface area contributed by atoms with Gasteiger partial charge < -0.3 is 5.32 Å². The molecule has 0 atom stereocenters. The fourth-order valence-corrected chi connectivity index (χ4v) is 2.92. The fourth-order valence-electron chi connectivity index (χ4n) is 2.92. The molecule has 0 spiro atoms. The molecule has 0 radical (unpaired) electrons. The van der Waals surface area contributed by atoms with Crippen molar-refractivity contribution in [3.8, 4) is 0 Å². The standard InChI is InChI=1S/C17H17NO/c19-16-12-7-13-17(18-16,14-8-3-1-4-9-14)15-10-5-2-6-11-15/h1-6,8-11H,7,12-13H2,(H,18,19). The van der Waals surface area contributed by atoms with Crippen LogP contribution in [0, 0.1) is 0 Å². The van der Waals surface area contributed by atoms with Gasteiger partial charge in [0.15, 0.2) is 0 Å². The van der Waals surface area contributed by atoms with Gasteiger partial charge >= 0.3 is 0 Å². The highest BCUT2D eigenvalue weighted by Crippen LogP contribution is 2.36. The summed E-state index contributed by atoms with van der Waals surface area (Å²) in [6, 6.07) is 20.5. The third kappa shape index (κ3) is 2.14. The Balaban J connectivity index is 2.13. The molecule has 2 aromatic carbocycles. The van der Waals surface area contributed by atoms with Gasteiger partial charge in [0.1, 0.15) is 0 Å². The zero-order chi connectivity index (χ0) is 13.1. The van der Waals surface area contributed by atoms with Gasteiger partial charge in [-0.1, -0.05) is 60.7 Å². The molecule has 1 N–H and O–H groups in total. The number of rotatable bonds is 2. The lowest BCUT2D eigenvalue weighted by Crippen LogP contribution is -2.49. The topological polar surface area (TPSA) is 29.1 Å². The van der Waals surface area contributed by atoms with Gasteiger partial charge in [-0.25, -0.2) is 0 Å². The second-order valence-corrected chi connectivity index (χ2v) is 5.04. The molecule has 1 fully saturated rings. The first kappa shape index (κ1) is 12.0. The Hall–Kier alpha value is -2.09. The number of hydrogen-bond acceptors (Lipinski definition) is 1. The molecule has 2 heteroatoms. The van der Waals surface area contributed by atoms with E-state index in [4.69, 9.17) is 0 Å². The molecule has 1 saturated heterocycles. The van der Waals surface area contributed by atoms with E-state index in [1.807, 2.05) is 36.4 Å². The molecule has 1 amide bonds. The van der Waals surface area contributed by atoms with Crippen LogP contribution >= 0.6 is 0 Å². The van der Waals surface area contributed by atoms with Crippen LogP contribution in [0.25, 0.3) is 0 Å². The van der Waals surface area contributed by atoms with Gasteiger partial charge in [-0.15, -0.1) is 0 Å². The molecule has 1 heterocycles. The number of carbonyl (C=O) groups is 1. The van der Waals surface area contributed by atoms with E-state index in [-0.39, 0.29) is 11.4 Å². The first-order valence-electron chi connectivity index (χ1n) is 6.73. The summed E-state index contributed by atoms with van der Waals surface area (Å²) >= 11 is 0. The lowest BCUT2D eigenvalue weighted by atomic mass is 9.77. The number of hydrogen-bond donors (Lipinski definition) is 1. The average molecular weight is 251 g/mol. The third-order valence-corrected chi connectivity index (χ3v) is 3.84. The van der Waals surface area contributed by atoms with Crippen LogP contribution in [0.5, 0.6) is 0 Å².